The molecule has 0 bridgehead atoms. The maximum absolute atomic E-state index is 13.1. The molecule has 0 aliphatic heterocycles. The van der Waals surface area contributed by atoms with E-state index in [2.05, 4.69) is 10.3 Å². The molecule has 1 aromatic heterocycles. The van der Waals surface area contributed by atoms with Crippen LogP contribution in [0.3, 0.4) is 0 Å². The molecule has 0 aliphatic carbocycles. The van der Waals surface area contributed by atoms with E-state index >= 15 is 0 Å². The first kappa shape index (κ1) is 12.0. The van der Waals surface area contributed by atoms with E-state index in [4.69, 9.17) is 0 Å². The minimum absolute atomic E-state index is 0.599. The van der Waals surface area contributed by atoms with Gasteiger partial charge in [-0.05, 0) is 32.0 Å². The lowest BCUT2D eigenvalue weighted by Gasteiger charge is -1.99. The second-order valence-electron chi connectivity index (χ2n) is 3.58. The van der Waals surface area contributed by atoms with Crippen molar-refractivity contribution in [2.45, 2.75) is 13.8 Å². The van der Waals surface area contributed by atoms with Crippen LogP contribution in [0.4, 0.5) is 13.9 Å². The molecule has 0 atom stereocenters. The Bertz CT molecular complexity index is 537. The number of rotatable bonds is 3. The normalized spacial score (nSPS) is 10.6. The highest BCUT2D eigenvalue weighted by Gasteiger charge is 2.11. The second-order valence-corrected chi connectivity index (χ2v) is 4.79. The molecule has 0 amide bonds. The predicted molar refractivity (Wildman–Crippen MR) is 66.4 cm³/mol. The summed E-state index contributed by atoms with van der Waals surface area (Å²) in [4.78, 5) is 5.34. The van der Waals surface area contributed by atoms with E-state index in [-0.39, 0.29) is 0 Å². The number of hydrogen-bond donors (Lipinski definition) is 1. The molecule has 0 saturated heterocycles. The molecule has 5 heteroatoms. The number of halogens is 2. The Balaban J connectivity index is 2.41. The molecule has 0 unspecified atom stereocenters. The molecule has 1 aromatic carbocycles. The largest absolute Gasteiger partial charge is 0.362 e. The van der Waals surface area contributed by atoms with Crippen LogP contribution in [-0.2, 0) is 0 Å². The Labute approximate surface area is 102 Å². The van der Waals surface area contributed by atoms with Gasteiger partial charge in [0.15, 0.2) is 16.8 Å². The highest BCUT2D eigenvalue weighted by molar-refractivity contribution is 7.16. The van der Waals surface area contributed by atoms with E-state index in [0.29, 0.717) is 11.3 Å². The molecule has 17 heavy (non-hydrogen) atoms. The molecule has 0 fully saturated rings. The fourth-order valence-electron chi connectivity index (χ4n) is 1.53. The van der Waals surface area contributed by atoms with Crippen LogP contribution in [-0.4, -0.2) is 11.5 Å². The summed E-state index contributed by atoms with van der Waals surface area (Å²) in [6.45, 7) is 4.67. The summed E-state index contributed by atoms with van der Waals surface area (Å²) in [6.07, 6.45) is 0. The van der Waals surface area contributed by atoms with Gasteiger partial charge in [0.05, 0.1) is 5.69 Å². The zero-order valence-corrected chi connectivity index (χ0v) is 10.4. The van der Waals surface area contributed by atoms with Crippen molar-refractivity contribution >= 4 is 16.5 Å². The monoisotopic (exact) mass is 254 g/mol. The zero-order valence-electron chi connectivity index (χ0n) is 9.55. The first-order chi connectivity index (χ1) is 8.11. The van der Waals surface area contributed by atoms with Gasteiger partial charge in [0, 0.05) is 17.0 Å². The Morgan fingerprint density at radius 2 is 2.06 bits per heavy atom. The van der Waals surface area contributed by atoms with Gasteiger partial charge in [-0.2, -0.15) is 0 Å². The Morgan fingerprint density at radius 3 is 2.71 bits per heavy atom. The quantitative estimate of drug-likeness (QED) is 0.900. The maximum Gasteiger partial charge on any atom is 0.183 e. The highest BCUT2D eigenvalue weighted by Crippen LogP contribution is 2.30. The van der Waals surface area contributed by atoms with Crippen molar-refractivity contribution in [1.82, 2.24) is 4.98 Å². The minimum Gasteiger partial charge on any atom is -0.362 e. The fourth-order valence-corrected chi connectivity index (χ4v) is 2.44. The van der Waals surface area contributed by atoms with Crippen LogP contribution in [0.25, 0.3) is 11.3 Å². The van der Waals surface area contributed by atoms with E-state index in [1.807, 2.05) is 13.8 Å². The average molecular weight is 254 g/mol. The van der Waals surface area contributed by atoms with Crippen LogP contribution < -0.4 is 5.32 Å². The SMILES string of the molecule is CCNc1nc(-c2ccc(F)c(F)c2)c(C)s1. The summed E-state index contributed by atoms with van der Waals surface area (Å²) >= 11 is 1.51. The van der Waals surface area contributed by atoms with Crippen LogP contribution in [0.5, 0.6) is 0 Å². The van der Waals surface area contributed by atoms with Gasteiger partial charge in [-0.3, -0.25) is 0 Å². The van der Waals surface area contributed by atoms with Gasteiger partial charge in [-0.1, -0.05) is 0 Å². The van der Waals surface area contributed by atoms with E-state index < -0.39 is 11.6 Å². The summed E-state index contributed by atoms with van der Waals surface area (Å²) in [5.41, 5.74) is 1.30. The van der Waals surface area contributed by atoms with Crippen LogP contribution in [0.2, 0.25) is 0 Å². The van der Waals surface area contributed by atoms with E-state index in [1.54, 1.807) is 0 Å². The fraction of sp³-hybridized carbons (Fsp3) is 0.250. The molecular weight excluding hydrogens is 242 g/mol. The summed E-state index contributed by atoms with van der Waals surface area (Å²) < 4.78 is 26.0. The topological polar surface area (TPSA) is 24.9 Å². The van der Waals surface area contributed by atoms with Gasteiger partial charge in [-0.15, -0.1) is 11.3 Å². The molecular formula is C12H12F2N2S. The number of nitrogens with one attached hydrogen (secondary N) is 1. The van der Waals surface area contributed by atoms with E-state index in [0.717, 1.165) is 22.6 Å². The molecule has 1 heterocycles. The van der Waals surface area contributed by atoms with Crippen molar-refractivity contribution in [3.63, 3.8) is 0 Å². The van der Waals surface area contributed by atoms with Crippen LogP contribution in [0.1, 0.15) is 11.8 Å². The summed E-state index contributed by atoms with van der Waals surface area (Å²) in [6, 6.07) is 3.83. The lowest BCUT2D eigenvalue weighted by Crippen LogP contribution is -1.95. The first-order valence-electron chi connectivity index (χ1n) is 5.28. The standard InChI is InChI=1S/C12H12F2N2S/c1-3-15-12-16-11(7(2)17-12)8-4-5-9(13)10(14)6-8/h4-6H,3H2,1-2H3,(H,15,16). The third-order valence-corrected chi connectivity index (χ3v) is 3.25. The number of hydrogen-bond acceptors (Lipinski definition) is 3. The van der Waals surface area contributed by atoms with Gasteiger partial charge < -0.3 is 5.32 Å². The van der Waals surface area contributed by atoms with Crippen molar-refractivity contribution in [2.75, 3.05) is 11.9 Å². The molecule has 0 aliphatic rings. The van der Waals surface area contributed by atoms with Crippen LogP contribution >= 0.6 is 11.3 Å². The molecule has 2 nitrogen and oxygen atoms in total. The van der Waals surface area contributed by atoms with E-state index in [9.17, 15) is 8.78 Å². The molecule has 2 aromatic rings. The molecule has 90 valence electrons. The molecule has 0 radical (unpaired) electrons. The van der Waals surface area contributed by atoms with Crippen molar-refractivity contribution in [3.8, 4) is 11.3 Å². The number of thiazole rings is 1. The van der Waals surface area contributed by atoms with Crippen molar-refractivity contribution in [1.29, 1.82) is 0 Å². The van der Waals surface area contributed by atoms with Gasteiger partial charge in [-0.25, -0.2) is 13.8 Å². The second kappa shape index (κ2) is 4.79. The molecule has 0 spiro atoms. The van der Waals surface area contributed by atoms with Gasteiger partial charge in [0.1, 0.15) is 0 Å². The summed E-state index contributed by atoms with van der Waals surface area (Å²) in [5.74, 6) is -1.69. The maximum atomic E-state index is 13.1. The summed E-state index contributed by atoms with van der Waals surface area (Å²) in [5, 5.41) is 3.90. The number of anilines is 1. The molecule has 2 rings (SSSR count). The van der Waals surface area contributed by atoms with Crippen molar-refractivity contribution < 1.29 is 8.78 Å². The Hall–Kier alpha value is -1.49. The summed E-state index contributed by atoms with van der Waals surface area (Å²) in [7, 11) is 0. The minimum atomic E-state index is -0.847. The number of aryl methyl sites for hydroxylation is 1. The van der Waals surface area contributed by atoms with Gasteiger partial charge >= 0.3 is 0 Å². The number of nitrogens with zero attached hydrogens (tertiary/aromatic N) is 1. The average Bonchev–Trinajstić information content (AvgIpc) is 2.64. The van der Waals surface area contributed by atoms with Gasteiger partial charge in [0.25, 0.3) is 0 Å². The molecule has 1 N–H and O–H groups in total. The molecule has 0 saturated carbocycles. The van der Waals surface area contributed by atoms with Crippen molar-refractivity contribution in [3.05, 3.63) is 34.7 Å². The third-order valence-electron chi connectivity index (χ3n) is 2.32. The van der Waals surface area contributed by atoms with Crippen molar-refractivity contribution in [2.24, 2.45) is 0 Å². The van der Waals surface area contributed by atoms with Crippen LogP contribution in [0, 0.1) is 18.6 Å². The number of benzene rings is 1. The van der Waals surface area contributed by atoms with Gasteiger partial charge in [0.2, 0.25) is 0 Å². The third kappa shape index (κ3) is 2.44. The predicted octanol–water partition coefficient (Wildman–Crippen LogP) is 3.83. The lowest BCUT2D eigenvalue weighted by molar-refractivity contribution is 0.509. The Kier molecular flexibility index (Phi) is 3.38. The first-order valence-corrected chi connectivity index (χ1v) is 6.10. The van der Waals surface area contributed by atoms with Crippen LogP contribution in [0.15, 0.2) is 18.2 Å². The van der Waals surface area contributed by atoms with E-state index in [1.165, 1.54) is 23.5 Å². The Morgan fingerprint density at radius 1 is 1.29 bits per heavy atom. The zero-order chi connectivity index (χ0) is 12.4. The number of aromatic nitrogens is 1. The highest BCUT2D eigenvalue weighted by atomic mass is 32.1. The lowest BCUT2D eigenvalue weighted by atomic mass is 10.1. The smallest absolute Gasteiger partial charge is 0.183 e.